The van der Waals surface area contributed by atoms with Crippen molar-refractivity contribution in [1.82, 2.24) is 0 Å². The largest absolute Gasteiger partial charge is 0.206 e. The molecule has 124 valence electrons. The Morgan fingerprint density at radius 2 is 1.78 bits per heavy atom. The third-order valence-electron chi connectivity index (χ3n) is 3.62. The van der Waals surface area contributed by atoms with E-state index in [2.05, 4.69) is 19.6 Å². The molecule has 0 atom stereocenters. The van der Waals surface area contributed by atoms with Crippen molar-refractivity contribution in [1.29, 1.82) is 0 Å². The molecule has 0 heterocycles. The van der Waals surface area contributed by atoms with Crippen molar-refractivity contribution in [2.75, 3.05) is 0 Å². The zero-order chi connectivity index (χ0) is 21.7. The fraction of sp³-hybridized carbons (Fsp3) is 0.429. The maximum absolute atomic E-state index is 14.7. The minimum absolute atomic E-state index is 0.0438. The number of hydrogen-bond acceptors (Lipinski definition) is 0. The van der Waals surface area contributed by atoms with Crippen molar-refractivity contribution >= 4 is 13.3 Å². The number of benzene rings is 2. The van der Waals surface area contributed by atoms with Crippen LogP contribution < -0.4 is 5.19 Å². The van der Waals surface area contributed by atoms with Crippen molar-refractivity contribution in [3.05, 3.63) is 53.3 Å². The molecular formula is C21H29FSi. The topological polar surface area (TPSA) is 0 Å². The van der Waals surface area contributed by atoms with E-state index in [1.54, 1.807) is 6.07 Å². The molecule has 2 aromatic carbocycles. The molecule has 23 heavy (non-hydrogen) atoms. The molecule has 0 spiro atoms. The smallest absolute Gasteiger partial charge is 0.131 e. The lowest BCUT2D eigenvalue weighted by Gasteiger charge is -2.26. The van der Waals surface area contributed by atoms with E-state index in [1.165, 1.54) is 12.1 Å². The second-order valence-corrected chi connectivity index (χ2v) is 13.1. The Hall–Kier alpha value is -1.41. The van der Waals surface area contributed by atoms with Gasteiger partial charge in [-0.1, -0.05) is 75.9 Å². The molecule has 0 amide bonds. The summed E-state index contributed by atoms with van der Waals surface area (Å²) in [5.41, 5.74) is 0.749. The summed E-state index contributed by atoms with van der Waals surface area (Å²) >= 11 is 0. The third kappa shape index (κ3) is 4.54. The zero-order valence-corrected chi connectivity index (χ0v) is 15.8. The maximum atomic E-state index is 14.7. The molecule has 0 radical (unpaired) electrons. The molecule has 0 fully saturated rings. The summed E-state index contributed by atoms with van der Waals surface area (Å²) in [6.45, 7) is 9.70. The predicted molar refractivity (Wildman–Crippen MR) is 103 cm³/mol. The summed E-state index contributed by atoms with van der Waals surface area (Å²) in [6.07, 6.45) is -1.60. The Morgan fingerprint density at radius 3 is 2.30 bits per heavy atom. The zero-order valence-electron chi connectivity index (χ0n) is 19.8. The molecule has 2 aromatic rings. The number of rotatable bonds is 3. The molecule has 0 saturated heterocycles. The van der Waals surface area contributed by atoms with Crippen LogP contribution in [0.3, 0.4) is 0 Å². The highest BCUT2D eigenvalue weighted by Crippen LogP contribution is 2.28. The van der Waals surface area contributed by atoms with Gasteiger partial charge in [0.15, 0.2) is 0 Å². The van der Waals surface area contributed by atoms with E-state index in [1.807, 2.05) is 32.9 Å². The van der Waals surface area contributed by atoms with E-state index >= 15 is 0 Å². The first-order valence-corrected chi connectivity index (χ1v) is 11.4. The van der Waals surface area contributed by atoms with Crippen LogP contribution in [0.2, 0.25) is 19.6 Å². The van der Waals surface area contributed by atoms with Gasteiger partial charge < -0.3 is 0 Å². The summed E-state index contributed by atoms with van der Waals surface area (Å²) in [7, 11) is -1.85. The van der Waals surface area contributed by atoms with E-state index in [0.29, 0.717) is 11.1 Å². The second-order valence-electron chi connectivity index (χ2n) is 8.08. The standard InChI is InChI=1S/C21H29FSi/c1-15-8-10-18(19(22)12-15)16-9-11-20(23(5,6)7)17(13-16)14-21(2,3)4/h8-13H,14H2,1-7H3/i1D3,14D2. The van der Waals surface area contributed by atoms with E-state index < -0.39 is 32.5 Å². The molecule has 2 rings (SSSR count). The maximum Gasteiger partial charge on any atom is 0.131 e. The SMILES string of the molecule is [2H]C([2H])([2H])c1ccc(-c2ccc([Si](C)(C)C)c(C([2H])([2H])C(C)(C)C)c2)c(F)c1. The molecule has 0 unspecified atom stereocenters. The van der Waals surface area contributed by atoms with Crippen LogP contribution in [0.5, 0.6) is 0 Å². The van der Waals surface area contributed by atoms with Gasteiger partial charge in [0, 0.05) is 12.4 Å². The first kappa shape index (κ1) is 12.0. The Bertz CT molecular complexity index is 874. The number of aryl methyl sites for hydroxylation is 1. The van der Waals surface area contributed by atoms with Crippen LogP contribution >= 0.6 is 0 Å². The first-order chi connectivity index (χ1) is 12.5. The summed E-state index contributed by atoms with van der Waals surface area (Å²) in [5.74, 6) is -0.614. The van der Waals surface area contributed by atoms with Crippen molar-refractivity contribution in [2.45, 2.75) is 53.6 Å². The van der Waals surface area contributed by atoms with E-state index in [-0.39, 0.29) is 11.1 Å². The van der Waals surface area contributed by atoms with Crippen LogP contribution in [0.25, 0.3) is 11.1 Å². The Balaban J connectivity index is 2.71. The molecule has 0 nitrogen and oxygen atoms in total. The highest BCUT2D eigenvalue weighted by atomic mass is 28.3. The molecule has 0 aromatic heterocycles. The van der Waals surface area contributed by atoms with Gasteiger partial charge in [-0.15, -0.1) is 0 Å². The quantitative estimate of drug-likeness (QED) is 0.610. The highest BCUT2D eigenvalue weighted by molar-refractivity contribution is 6.89. The van der Waals surface area contributed by atoms with E-state index in [0.717, 1.165) is 11.3 Å². The van der Waals surface area contributed by atoms with Crippen LogP contribution in [-0.2, 0) is 6.37 Å². The van der Waals surface area contributed by atoms with Crippen LogP contribution in [-0.4, -0.2) is 8.07 Å². The monoisotopic (exact) mass is 333 g/mol. The first-order valence-electron chi connectivity index (χ1n) is 10.4. The third-order valence-corrected chi connectivity index (χ3v) is 5.67. The van der Waals surface area contributed by atoms with Crippen LogP contribution in [0.1, 0.15) is 38.8 Å². The molecule has 0 saturated carbocycles. The normalized spacial score (nSPS) is 16.9. The number of halogens is 1. The molecule has 0 bridgehead atoms. The van der Waals surface area contributed by atoms with Gasteiger partial charge in [0.2, 0.25) is 0 Å². The minimum atomic E-state index is -2.37. The molecule has 2 heteroatoms. The molecule has 0 N–H and O–H groups in total. The van der Waals surface area contributed by atoms with Gasteiger partial charge >= 0.3 is 0 Å². The fourth-order valence-corrected chi connectivity index (χ4v) is 4.15. The summed E-state index contributed by atoms with van der Waals surface area (Å²) in [4.78, 5) is 0. The molecule has 0 aliphatic carbocycles. The molecule has 0 aliphatic heterocycles. The lowest BCUT2D eigenvalue weighted by atomic mass is 9.87. The van der Waals surface area contributed by atoms with Crippen molar-refractivity contribution in [3.8, 4) is 11.1 Å². The lowest BCUT2D eigenvalue weighted by molar-refractivity contribution is 0.412. The van der Waals surface area contributed by atoms with Gasteiger partial charge in [0.1, 0.15) is 5.82 Å². The predicted octanol–water partition coefficient (Wildman–Crippen LogP) is 5.93. The summed E-state index contributed by atoms with van der Waals surface area (Å²) < 4.78 is 54.6. The Morgan fingerprint density at radius 1 is 1.09 bits per heavy atom. The second kappa shape index (κ2) is 6.24. The van der Waals surface area contributed by atoms with Gasteiger partial charge in [0.05, 0.1) is 8.07 Å². The van der Waals surface area contributed by atoms with Crippen molar-refractivity contribution in [3.63, 3.8) is 0 Å². The van der Waals surface area contributed by atoms with E-state index in [4.69, 9.17) is 6.85 Å². The average Bonchev–Trinajstić information content (AvgIpc) is 2.51. The Kier molecular flexibility index (Phi) is 3.26. The van der Waals surface area contributed by atoms with Gasteiger partial charge in [-0.3, -0.25) is 0 Å². The fourth-order valence-electron chi connectivity index (χ4n) is 2.62. The van der Waals surface area contributed by atoms with Crippen LogP contribution in [0.15, 0.2) is 36.4 Å². The van der Waals surface area contributed by atoms with Gasteiger partial charge in [-0.25, -0.2) is 4.39 Å². The van der Waals surface area contributed by atoms with Crippen LogP contribution in [0, 0.1) is 18.1 Å². The van der Waals surface area contributed by atoms with Crippen molar-refractivity contribution in [2.24, 2.45) is 5.41 Å². The average molecular weight is 334 g/mol. The molecular weight excluding hydrogens is 299 g/mol. The highest BCUT2D eigenvalue weighted by Gasteiger charge is 2.23. The lowest BCUT2D eigenvalue weighted by Crippen LogP contribution is -2.41. The van der Waals surface area contributed by atoms with Gasteiger partial charge in [-0.05, 0) is 41.4 Å². The minimum Gasteiger partial charge on any atom is -0.206 e. The van der Waals surface area contributed by atoms with Gasteiger partial charge in [-0.2, -0.15) is 0 Å². The summed E-state index contributed by atoms with van der Waals surface area (Å²) in [6, 6.07) is 9.40. The summed E-state index contributed by atoms with van der Waals surface area (Å²) in [5, 5.41) is 1.01. The van der Waals surface area contributed by atoms with Gasteiger partial charge in [0.25, 0.3) is 0 Å². The van der Waals surface area contributed by atoms with E-state index in [9.17, 15) is 4.39 Å². The van der Waals surface area contributed by atoms with Crippen molar-refractivity contribution < 1.29 is 11.2 Å². The number of hydrogen-bond donors (Lipinski definition) is 0. The van der Waals surface area contributed by atoms with Crippen LogP contribution in [0.4, 0.5) is 4.39 Å². The Labute approximate surface area is 148 Å². The molecule has 0 aliphatic rings.